The lowest BCUT2D eigenvalue weighted by atomic mass is 10.1. The van der Waals surface area contributed by atoms with E-state index >= 15 is 0 Å². The van der Waals surface area contributed by atoms with Gasteiger partial charge in [-0.1, -0.05) is 17.7 Å². The zero-order chi connectivity index (χ0) is 13.0. The summed E-state index contributed by atoms with van der Waals surface area (Å²) in [6.45, 7) is 2.61. The standard InChI is InChI=1S/C13H16ClFN2O/c14-11-3-1-2-10(12(11)15)13(18)17-7-5-9-4-6-16-8-9/h1-3,9,16H,4-8H2,(H,17,18). The lowest BCUT2D eigenvalue weighted by molar-refractivity contribution is 0.0947. The molecule has 0 spiro atoms. The van der Waals surface area contributed by atoms with Crippen LogP contribution in [0.15, 0.2) is 18.2 Å². The highest BCUT2D eigenvalue weighted by molar-refractivity contribution is 6.31. The van der Waals surface area contributed by atoms with Gasteiger partial charge in [0.2, 0.25) is 0 Å². The van der Waals surface area contributed by atoms with E-state index in [1.807, 2.05) is 0 Å². The summed E-state index contributed by atoms with van der Waals surface area (Å²) in [7, 11) is 0. The minimum atomic E-state index is -0.654. The maximum Gasteiger partial charge on any atom is 0.254 e. The van der Waals surface area contributed by atoms with Crippen LogP contribution in [-0.2, 0) is 0 Å². The lowest BCUT2D eigenvalue weighted by Gasteiger charge is -2.10. The monoisotopic (exact) mass is 270 g/mol. The predicted molar refractivity (Wildman–Crippen MR) is 69.3 cm³/mol. The molecule has 2 rings (SSSR count). The number of nitrogens with one attached hydrogen (secondary N) is 2. The SMILES string of the molecule is O=C(NCCC1CCNC1)c1cccc(Cl)c1F. The molecule has 3 nitrogen and oxygen atoms in total. The van der Waals surface area contributed by atoms with Crippen molar-refractivity contribution in [1.29, 1.82) is 0 Å². The molecule has 0 aliphatic carbocycles. The van der Waals surface area contributed by atoms with E-state index in [4.69, 9.17) is 11.6 Å². The van der Waals surface area contributed by atoms with Gasteiger partial charge < -0.3 is 10.6 Å². The van der Waals surface area contributed by atoms with Crippen LogP contribution in [0.5, 0.6) is 0 Å². The van der Waals surface area contributed by atoms with Crippen molar-refractivity contribution in [3.05, 3.63) is 34.6 Å². The smallest absolute Gasteiger partial charge is 0.254 e. The number of halogens is 2. The highest BCUT2D eigenvalue weighted by Crippen LogP contribution is 2.17. The number of amides is 1. The molecule has 1 atom stereocenters. The summed E-state index contributed by atoms with van der Waals surface area (Å²) in [4.78, 5) is 11.8. The fourth-order valence-electron chi connectivity index (χ4n) is 2.13. The summed E-state index contributed by atoms with van der Waals surface area (Å²) >= 11 is 5.63. The molecule has 98 valence electrons. The summed E-state index contributed by atoms with van der Waals surface area (Å²) in [5, 5.41) is 5.97. The molecule has 1 amide bonds. The molecular formula is C13H16ClFN2O. The molecule has 2 N–H and O–H groups in total. The van der Waals surface area contributed by atoms with Crippen LogP contribution in [0.1, 0.15) is 23.2 Å². The number of hydrogen-bond acceptors (Lipinski definition) is 2. The van der Waals surface area contributed by atoms with Crippen molar-refractivity contribution in [2.45, 2.75) is 12.8 Å². The third-order valence-corrected chi connectivity index (χ3v) is 3.49. The van der Waals surface area contributed by atoms with Crippen molar-refractivity contribution in [3.63, 3.8) is 0 Å². The van der Waals surface area contributed by atoms with Crippen molar-refractivity contribution in [2.75, 3.05) is 19.6 Å². The van der Waals surface area contributed by atoms with Crippen LogP contribution in [0.25, 0.3) is 0 Å². The molecule has 1 unspecified atom stereocenters. The number of rotatable bonds is 4. The van der Waals surface area contributed by atoms with Crippen LogP contribution in [0.4, 0.5) is 4.39 Å². The van der Waals surface area contributed by atoms with Crippen molar-refractivity contribution >= 4 is 17.5 Å². The zero-order valence-electron chi connectivity index (χ0n) is 10.0. The van der Waals surface area contributed by atoms with Gasteiger partial charge in [-0.2, -0.15) is 0 Å². The number of hydrogen-bond donors (Lipinski definition) is 2. The Morgan fingerprint density at radius 2 is 2.39 bits per heavy atom. The van der Waals surface area contributed by atoms with Gasteiger partial charge in [-0.05, 0) is 44.0 Å². The van der Waals surface area contributed by atoms with Gasteiger partial charge in [0.25, 0.3) is 5.91 Å². The average Bonchev–Trinajstić information content (AvgIpc) is 2.85. The van der Waals surface area contributed by atoms with Gasteiger partial charge >= 0.3 is 0 Å². The summed E-state index contributed by atoms with van der Waals surface area (Å²) < 4.78 is 13.6. The Labute approximate surface area is 111 Å². The third-order valence-electron chi connectivity index (χ3n) is 3.20. The van der Waals surface area contributed by atoms with Gasteiger partial charge in [-0.3, -0.25) is 4.79 Å². The normalized spacial score (nSPS) is 18.9. The summed E-state index contributed by atoms with van der Waals surface area (Å²) in [5.41, 5.74) is 0.00652. The summed E-state index contributed by atoms with van der Waals surface area (Å²) in [5.74, 6) is -0.449. The van der Waals surface area contributed by atoms with Crippen LogP contribution in [0.2, 0.25) is 5.02 Å². The van der Waals surface area contributed by atoms with Crippen LogP contribution >= 0.6 is 11.6 Å². The van der Waals surface area contributed by atoms with Gasteiger partial charge in [-0.25, -0.2) is 4.39 Å². The van der Waals surface area contributed by atoms with Gasteiger partial charge in [-0.15, -0.1) is 0 Å². The highest BCUT2D eigenvalue weighted by atomic mass is 35.5. The molecule has 5 heteroatoms. The van der Waals surface area contributed by atoms with Crippen LogP contribution in [-0.4, -0.2) is 25.5 Å². The van der Waals surface area contributed by atoms with Crippen molar-refractivity contribution in [1.82, 2.24) is 10.6 Å². The first-order chi connectivity index (χ1) is 8.68. The Morgan fingerprint density at radius 1 is 1.56 bits per heavy atom. The minimum Gasteiger partial charge on any atom is -0.352 e. The maximum absolute atomic E-state index is 13.6. The Bertz CT molecular complexity index is 433. The molecule has 0 aromatic heterocycles. The molecular weight excluding hydrogens is 255 g/mol. The fraction of sp³-hybridized carbons (Fsp3) is 0.462. The number of carbonyl (C=O) groups is 1. The highest BCUT2D eigenvalue weighted by Gasteiger charge is 2.16. The average molecular weight is 271 g/mol. The summed E-state index contributed by atoms with van der Waals surface area (Å²) in [6.07, 6.45) is 2.06. The Morgan fingerprint density at radius 3 is 3.11 bits per heavy atom. The van der Waals surface area contributed by atoms with E-state index in [1.165, 1.54) is 12.1 Å². The molecule has 1 aliphatic rings. The number of benzene rings is 1. The molecule has 1 aromatic rings. The molecule has 0 bridgehead atoms. The van der Waals surface area contributed by atoms with Crippen LogP contribution in [0, 0.1) is 11.7 Å². The van der Waals surface area contributed by atoms with E-state index in [0.29, 0.717) is 12.5 Å². The second-order valence-corrected chi connectivity index (χ2v) is 4.91. The fourth-order valence-corrected chi connectivity index (χ4v) is 2.30. The van der Waals surface area contributed by atoms with E-state index in [9.17, 15) is 9.18 Å². The third kappa shape index (κ3) is 3.21. The molecule has 1 heterocycles. The largest absolute Gasteiger partial charge is 0.352 e. The van der Waals surface area contributed by atoms with E-state index in [2.05, 4.69) is 10.6 Å². The predicted octanol–water partition coefficient (Wildman–Crippen LogP) is 2.21. The molecule has 1 saturated heterocycles. The Hall–Kier alpha value is -1.13. The second kappa shape index (κ2) is 6.16. The van der Waals surface area contributed by atoms with Crippen LogP contribution < -0.4 is 10.6 Å². The Kier molecular flexibility index (Phi) is 4.55. The maximum atomic E-state index is 13.6. The molecule has 18 heavy (non-hydrogen) atoms. The van der Waals surface area contributed by atoms with Gasteiger partial charge in [0, 0.05) is 6.54 Å². The van der Waals surface area contributed by atoms with Crippen LogP contribution in [0.3, 0.4) is 0 Å². The first-order valence-electron chi connectivity index (χ1n) is 6.11. The second-order valence-electron chi connectivity index (χ2n) is 4.50. The topological polar surface area (TPSA) is 41.1 Å². The molecule has 1 fully saturated rings. The quantitative estimate of drug-likeness (QED) is 0.881. The van der Waals surface area contributed by atoms with E-state index in [1.54, 1.807) is 6.07 Å². The van der Waals surface area contributed by atoms with Crippen molar-refractivity contribution in [3.8, 4) is 0 Å². The van der Waals surface area contributed by atoms with Crippen molar-refractivity contribution in [2.24, 2.45) is 5.92 Å². The van der Waals surface area contributed by atoms with Crippen molar-refractivity contribution < 1.29 is 9.18 Å². The first kappa shape index (κ1) is 13.3. The van der Waals surface area contributed by atoms with Gasteiger partial charge in [0.15, 0.2) is 5.82 Å². The molecule has 0 saturated carbocycles. The van der Waals surface area contributed by atoms with E-state index in [0.717, 1.165) is 25.9 Å². The van der Waals surface area contributed by atoms with E-state index in [-0.39, 0.29) is 10.6 Å². The summed E-state index contributed by atoms with van der Waals surface area (Å²) in [6, 6.07) is 4.44. The Balaban J connectivity index is 1.85. The zero-order valence-corrected chi connectivity index (χ0v) is 10.8. The van der Waals surface area contributed by atoms with E-state index < -0.39 is 11.7 Å². The molecule has 1 aromatic carbocycles. The minimum absolute atomic E-state index is 0.00652. The lowest BCUT2D eigenvalue weighted by Crippen LogP contribution is -2.27. The van der Waals surface area contributed by atoms with Gasteiger partial charge in [0.05, 0.1) is 10.6 Å². The molecule has 1 aliphatic heterocycles. The number of carbonyl (C=O) groups excluding carboxylic acids is 1. The molecule has 0 radical (unpaired) electrons. The van der Waals surface area contributed by atoms with Gasteiger partial charge in [0.1, 0.15) is 0 Å². The first-order valence-corrected chi connectivity index (χ1v) is 6.49.